The summed E-state index contributed by atoms with van der Waals surface area (Å²) in [5.74, 6) is 0.700. The quantitative estimate of drug-likeness (QED) is 0.604. The molecule has 0 saturated heterocycles. The summed E-state index contributed by atoms with van der Waals surface area (Å²) in [5.41, 5.74) is 0. The first-order chi connectivity index (χ1) is 9.25. The van der Waals surface area contributed by atoms with Gasteiger partial charge in [-0.05, 0) is 44.2 Å². The van der Waals surface area contributed by atoms with Gasteiger partial charge in [0.15, 0.2) is 6.10 Å². The average Bonchev–Trinajstić information content (AvgIpc) is 2.47. The van der Waals surface area contributed by atoms with Crippen molar-refractivity contribution in [3.05, 3.63) is 36.7 Å². The summed E-state index contributed by atoms with van der Waals surface area (Å²) in [6.07, 6.45) is 10.1. The van der Waals surface area contributed by atoms with E-state index in [1.165, 1.54) is 0 Å². The lowest BCUT2D eigenvalue weighted by Gasteiger charge is -2.19. The van der Waals surface area contributed by atoms with Gasteiger partial charge in [0.1, 0.15) is 5.75 Å². The summed E-state index contributed by atoms with van der Waals surface area (Å²) in [4.78, 5) is 15.7. The molecule has 0 amide bonds. The molecule has 1 heterocycles. The number of esters is 1. The number of aromatic nitrogens is 1. The molecule has 2 atom stereocenters. The van der Waals surface area contributed by atoms with Gasteiger partial charge in [-0.15, -0.1) is 0 Å². The van der Waals surface area contributed by atoms with Crippen molar-refractivity contribution in [3.63, 3.8) is 0 Å². The van der Waals surface area contributed by atoms with Crippen LogP contribution < -0.4 is 4.74 Å². The van der Waals surface area contributed by atoms with Crippen LogP contribution in [-0.2, 0) is 9.53 Å². The van der Waals surface area contributed by atoms with Gasteiger partial charge in [0, 0.05) is 6.20 Å². The normalized spacial score (nSPS) is 19.7. The maximum atomic E-state index is 11.8. The van der Waals surface area contributed by atoms with Crippen LogP contribution in [0.2, 0.25) is 0 Å². The number of carbonyl (C=O) groups is 1. The summed E-state index contributed by atoms with van der Waals surface area (Å²) >= 11 is 0. The third kappa shape index (κ3) is 4.39. The fourth-order valence-electron chi connectivity index (χ4n) is 1.99. The zero-order chi connectivity index (χ0) is 13.5. The topological polar surface area (TPSA) is 48.4 Å². The van der Waals surface area contributed by atoms with E-state index in [-0.39, 0.29) is 5.97 Å². The fraction of sp³-hybridized carbons (Fsp3) is 0.467. The van der Waals surface area contributed by atoms with Crippen molar-refractivity contribution in [2.75, 3.05) is 6.61 Å². The van der Waals surface area contributed by atoms with E-state index in [0.29, 0.717) is 18.3 Å². The second-order valence-electron chi connectivity index (χ2n) is 4.73. The fourth-order valence-corrected chi connectivity index (χ4v) is 1.99. The SMILES string of the molecule is CC(Oc1cccnc1)C(=O)OCC1CC=CCC1. The number of allylic oxidation sites excluding steroid dienone is 2. The van der Waals surface area contributed by atoms with Gasteiger partial charge in [0.2, 0.25) is 0 Å². The molecule has 0 aliphatic heterocycles. The molecule has 19 heavy (non-hydrogen) atoms. The minimum absolute atomic E-state index is 0.321. The zero-order valence-corrected chi connectivity index (χ0v) is 11.1. The third-order valence-corrected chi connectivity index (χ3v) is 3.12. The van der Waals surface area contributed by atoms with Crippen LogP contribution in [0.3, 0.4) is 0 Å². The van der Waals surface area contributed by atoms with E-state index in [0.717, 1.165) is 19.3 Å². The highest BCUT2D eigenvalue weighted by Crippen LogP contribution is 2.18. The standard InChI is InChI=1S/C15H19NO3/c1-12(19-14-8-5-9-16-10-14)15(17)18-11-13-6-3-2-4-7-13/h2-3,5,8-10,12-13H,4,6-7,11H2,1H3. The van der Waals surface area contributed by atoms with Crippen LogP contribution in [0.5, 0.6) is 5.75 Å². The van der Waals surface area contributed by atoms with E-state index in [2.05, 4.69) is 17.1 Å². The first kappa shape index (κ1) is 13.6. The number of ether oxygens (including phenoxy) is 2. The molecule has 2 rings (SSSR count). The van der Waals surface area contributed by atoms with Gasteiger partial charge in [-0.1, -0.05) is 12.2 Å². The second-order valence-corrected chi connectivity index (χ2v) is 4.73. The van der Waals surface area contributed by atoms with Crippen molar-refractivity contribution in [2.45, 2.75) is 32.3 Å². The monoisotopic (exact) mass is 261 g/mol. The Balaban J connectivity index is 1.74. The van der Waals surface area contributed by atoms with Gasteiger partial charge in [-0.2, -0.15) is 0 Å². The van der Waals surface area contributed by atoms with Crippen LogP contribution in [0.4, 0.5) is 0 Å². The number of pyridine rings is 1. The predicted molar refractivity (Wildman–Crippen MR) is 71.8 cm³/mol. The molecule has 0 N–H and O–H groups in total. The summed E-state index contributed by atoms with van der Waals surface area (Å²) in [7, 11) is 0. The van der Waals surface area contributed by atoms with E-state index >= 15 is 0 Å². The molecular formula is C15H19NO3. The Morgan fingerprint density at radius 3 is 3.11 bits per heavy atom. The number of hydrogen-bond acceptors (Lipinski definition) is 4. The molecule has 102 valence electrons. The zero-order valence-electron chi connectivity index (χ0n) is 11.1. The van der Waals surface area contributed by atoms with E-state index in [1.807, 2.05) is 0 Å². The van der Waals surface area contributed by atoms with Crippen molar-refractivity contribution in [2.24, 2.45) is 5.92 Å². The molecule has 2 unspecified atom stereocenters. The van der Waals surface area contributed by atoms with Crippen LogP contribution >= 0.6 is 0 Å². The number of hydrogen-bond donors (Lipinski definition) is 0. The van der Waals surface area contributed by atoms with Crippen LogP contribution in [-0.4, -0.2) is 23.7 Å². The molecule has 0 spiro atoms. The van der Waals surface area contributed by atoms with E-state index in [1.54, 1.807) is 31.5 Å². The van der Waals surface area contributed by atoms with Gasteiger partial charge in [-0.25, -0.2) is 4.79 Å². The second kappa shape index (κ2) is 6.92. The Bertz CT molecular complexity index is 430. The number of nitrogens with zero attached hydrogens (tertiary/aromatic N) is 1. The Labute approximate surface area is 113 Å². The first-order valence-corrected chi connectivity index (χ1v) is 6.64. The first-order valence-electron chi connectivity index (χ1n) is 6.64. The van der Waals surface area contributed by atoms with Crippen molar-refractivity contribution < 1.29 is 14.3 Å². The van der Waals surface area contributed by atoms with Gasteiger partial charge in [0.05, 0.1) is 12.8 Å². The lowest BCUT2D eigenvalue weighted by molar-refractivity contribution is -0.152. The Kier molecular flexibility index (Phi) is 4.95. The van der Waals surface area contributed by atoms with Gasteiger partial charge in [0.25, 0.3) is 0 Å². The predicted octanol–water partition coefficient (Wildman–Crippen LogP) is 2.75. The molecule has 0 radical (unpaired) electrons. The van der Waals surface area contributed by atoms with E-state index in [4.69, 9.17) is 9.47 Å². The maximum Gasteiger partial charge on any atom is 0.347 e. The Morgan fingerprint density at radius 1 is 1.53 bits per heavy atom. The highest BCUT2D eigenvalue weighted by atomic mass is 16.6. The van der Waals surface area contributed by atoms with Crippen LogP contribution in [0.15, 0.2) is 36.7 Å². The van der Waals surface area contributed by atoms with Gasteiger partial charge in [-0.3, -0.25) is 4.98 Å². The Morgan fingerprint density at radius 2 is 2.42 bits per heavy atom. The molecule has 4 nitrogen and oxygen atoms in total. The molecule has 1 aliphatic rings. The maximum absolute atomic E-state index is 11.8. The molecule has 0 saturated carbocycles. The average molecular weight is 261 g/mol. The molecule has 0 fully saturated rings. The van der Waals surface area contributed by atoms with E-state index in [9.17, 15) is 4.79 Å². The number of rotatable bonds is 5. The highest BCUT2D eigenvalue weighted by molar-refractivity contribution is 5.74. The molecule has 0 aromatic carbocycles. The molecule has 1 aromatic rings. The van der Waals surface area contributed by atoms with Crippen LogP contribution in [0.1, 0.15) is 26.2 Å². The lowest BCUT2D eigenvalue weighted by Crippen LogP contribution is -2.28. The minimum Gasteiger partial charge on any atom is -0.477 e. The molecule has 4 heteroatoms. The van der Waals surface area contributed by atoms with Gasteiger partial charge >= 0.3 is 5.97 Å². The molecular weight excluding hydrogens is 242 g/mol. The van der Waals surface area contributed by atoms with Crippen molar-refractivity contribution in [1.29, 1.82) is 0 Å². The summed E-state index contributed by atoms with van der Waals surface area (Å²) < 4.78 is 10.8. The smallest absolute Gasteiger partial charge is 0.347 e. The van der Waals surface area contributed by atoms with Crippen LogP contribution in [0.25, 0.3) is 0 Å². The summed E-state index contributed by atoms with van der Waals surface area (Å²) in [5, 5.41) is 0. The van der Waals surface area contributed by atoms with Crippen molar-refractivity contribution in [3.8, 4) is 5.75 Å². The lowest BCUT2D eigenvalue weighted by atomic mass is 9.95. The summed E-state index contributed by atoms with van der Waals surface area (Å²) in [6, 6.07) is 3.53. The minimum atomic E-state index is -0.608. The molecule has 1 aromatic heterocycles. The Hall–Kier alpha value is -1.84. The highest BCUT2D eigenvalue weighted by Gasteiger charge is 2.19. The van der Waals surface area contributed by atoms with E-state index < -0.39 is 6.10 Å². The summed E-state index contributed by atoms with van der Waals surface area (Å²) in [6.45, 7) is 2.17. The van der Waals surface area contributed by atoms with Crippen molar-refractivity contribution in [1.82, 2.24) is 4.98 Å². The number of carbonyl (C=O) groups excluding carboxylic acids is 1. The largest absolute Gasteiger partial charge is 0.477 e. The third-order valence-electron chi connectivity index (χ3n) is 3.12. The van der Waals surface area contributed by atoms with Gasteiger partial charge < -0.3 is 9.47 Å². The molecule has 0 bridgehead atoms. The van der Waals surface area contributed by atoms with Crippen molar-refractivity contribution >= 4 is 5.97 Å². The molecule has 1 aliphatic carbocycles. The van der Waals surface area contributed by atoms with Crippen LogP contribution in [0, 0.1) is 5.92 Å².